The minimum Gasteiger partial charge on any atom is -0.488 e. The first kappa shape index (κ1) is 13.7. The predicted octanol–water partition coefficient (Wildman–Crippen LogP) is 4.04. The van der Waals surface area contributed by atoms with Gasteiger partial charge in [-0.05, 0) is 37.2 Å². The van der Waals surface area contributed by atoms with Crippen LogP contribution in [0.15, 0.2) is 18.2 Å². The van der Waals surface area contributed by atoms with Crippen LogP contribution in [0.4, 0.5) is 0 Å². The van der Waals surface area contributed by atoms with Crippen molar-refractivity contribution in [3.8, 4) is 5.75 Å². The van der Waals surface area contributed by atoms with Crippen molar-refractivity contribution in [3.05, 3.63) is 28.8 Å². The van der Waals surface area contributed by atoms with E-state index in [-0.39, 0.29) is 12.7 Å². The number of para-hydroxylation sites is 1. The van der Waals surface area contributed by atoms with Crippen LogP contribution in [0.1, 0.15) is 38.7 Å². The lowest BCUT2D eigenvalue weighted by atomic mass is 9.80. The fraction of sp³-hybridized carbons (Fsp3) is 0.600. The van der Waals surface area contributed by atoms with Gasteiger partial charge in [0.05, 0.1) is 17.7 Å². The summed E-state index contributed by atoms with van der Waals surface area (Å²) < 4.78 is 6.03. The van der Waals surface area contributed by atoms with Gasteiger partial charge < -0.3 is 9.84 Å². The van der Waals surface area contributed by atoms with Gasteiger partial charge in [-0.25, -0.2) is 0 Å². The third kappa shape index (κ3) is 2.99. The van der Waals surface area contributed by atoms with E-state index in [1.165, 1.54) is 6.42 Å². The molecule has 3 unspecified atom stereocenters. The molecule has 0 heterocycles. The van der Waals surface area contributed by atoms with Crippen LogP contribution in [-0.4, -0.2) is 11.2 Å². The smallest absolute Gasteiger partial charge is 0.143 e. The van der Waals surface area contributed by atoms with Crippen LogP contribution in [0.2, 0.25) is 5.02 Å². The molecule has 0 saturated heterocycles. The van der Waals surface area contributed by atoms with E-state index in [1.54, 1.807) is 0 Å². The summed E-state index contributed by atoms with van der Waals surface area (Å²) in [4.78, 5) is 0. The summed E-state index contributed by atoms with van der Waals surface area (Å²) in [6.45, 7) is 4.55. The van der Waals surface area contributed by atoms with Gasteiger partial charge in [-0.2, -0.15) is 0 Å². The van der Waals surface area contributed by atoms with E-state index in [9.17, 15) is 5.11 Å². The molecule has 18 heavy (non-hydrogen) atoms. The number of hydrogen-bond donors (Lipinski definition) is 1. The van der Waals surface area contributed by atoms with Gasteiger partial charge in [0.25, 0.3) is 0 Å². The van der Waals surface area contributed by atoms with Gasteiger partial charge in [-0.1, -0.05) is 37.6 Å². The summed E-state index contributed by atoms with van der Waals surface area (Å²) in [6, 6.07) is 5.51. The molecule has 3 atom stereocenters. The Morgan fingerprint density at radius 2 is 2.06 bits per heavy atom. The van der Waals surface area contributed by atoms with E-state index in [2.05, 4.69) is 13.8 Å². The first-order valence-electron chi connectivity index (χ1n) is 6.66. The van der Waals surface area contributed by atoms with Gasteiger partial charge in [0.2, 0.25) is 0 Å². The van der Waals surface area contributed by atoms with Crippen molar-refractivity contribution in [2.75, 3.05) is 0 Å². The average molecular weight is 269 g/mol. The molecular formula is C15H21ClO2. The lowest BCUT2D eigenvalue weighted by Gasteiger charge is -2.32. The maximum atomic E-state index is 9.33. The molecule has 1 aliphatic carbocycles. The standard InChI is InChI=1S/C15H21ClO2/c1-10-6-7-13(8-11(10)2)18-15-12(9-17)4-3-5-14(15)16/h3-5,10-11,13,17H,6-9H2,1-2H3. The highest BCUT2D eigenvalue weighted by molar-refractivity contribution is 6.32. The van der Waals surface area contributed by atoms with E-state index in [4.69, 9.17) is 16.3 Å². The van der Waals surface area contributed by atoms with Crippen molar-refractivity contribution in [1.29, 1.82) is 0 Å². The first-order chi connectivity index (χ1) is 8.61. The molecule has 100 valence electrons. The zero-order valence-electron chi connectivity index (χ0n) is 11.0. The van der Waals surface area contributed by atoms with Gasteiger partial charge in [0.1, 0.15) is 5.75 Å². The van der Waals surface area contributed by atoms with Gasteiger partial charge in [0, 0.05) is 5.56 Å². The number of halogens is 1. The second-order valence-corrected chi connectivity index (χ2v) is 5.80. The molecule has 0 amide bonds. The summed E-state index contributed by atoms with van der Waals surface area (Å²) >= 11 is 6.16. The zero-order valence-corrected chi connectivity index (χ0v) is 11.8. The number of aliphatic hydroxyl groups excluding tert-OH is 1. The molecule has 1 aromatic rings. The lowest BCUT2D eigenvalue weighted by molar-refractivity contribution is 0.0982. The molecule has 0 spiro atoms. The minimum absolute atomic E-state index is 0.0332. The second kappa shape index (κ2) is 5.94. The Morgan fingerprint density at radius 1 is 1.28 bits per heavy atom. The van der Waals surface area contributed by atoms with Crippen molar-refractivity contribution in [3.63, 3.8) is 0 Å². The van der Waals surface area contributed by atoms with Crippen molar-refractivity contribution in [2.45, 2.75) is 45.8 Å². The van der Waals surface area contributed by atoms with Gasteiger partial charge in [-0.15, -0.1) is 0 Å². The Hall–Kier alpha value is -0.730. The topological polar surface area (TPSA) is 29.5 Å². The van der Waals surface area contributed by atoms with E-state index in [1.807, 2.05) is 18.2 Å². The van der Waals surface area contributed by atoms with Crippen LogP contribution in [-0.2, 0) is 6.61 Å². The molecule has 3 heteroatoms. The van der Waals surface area contributed by atoms with Crippen molar-refractivity contribution in [1.82, 2.24) is 0 Å². The Morgan fingerprint density at radius 3 is 2.72 bits per heavy atom. The number of hydrogen-bond acceptors (Lipinski definition) is 2. The third-order valence-corrected chi connectivity index (χ3v) is 4.35. The summed E-state index contributed by atoms with van der Waals surface area (Å²) in [5, 5.41) is 9.92. The van der Waals surface area contributed by atoms with Crippen LogP contribution in [0.3, 0.4) is 0 Å². The molecule has 2 rings (SSSR count). The molecule has 1 N–H and O–H groups in total. The van der Waals surface area contributed by atoms with E-state index < -0.39 is 0 Å². The molecule has 0 aliphatic heterocycles. The van der Waals surface area contributed by atoms with Crippen LogP contribution in [0.25, 0.3) is 0 Å². The molecule has 0 bridgehead atoms. The molecule has 1 aliphatic rings. The molecule has 0 radical (unpaired) electrons. The molecule has 2 nitrogen and oxygen atoms in total. The largest absolute Gasteiger partial charge is 0.488 e. The minimum atomic E-state index is -0.0332. The van der Waals surface area contributed by atoms with Crippen LogP contribution in [0.5, 0.6) is 5.75 Å². The number of rotatable bonds is 3. The Labute approximate surface area is 114 Å². The summed E-state index contributed by atoms with van der Waals surface area (Å²) in [6.07, 6.45) is 3.56. The zero-order chi connectivity index (χ0) is 13.1. The Balaban J connectivity index is 2.10. The number of ether oxygens (including phenoxy) is 1. The van der Waals surface area contributed by atoms with E-state index >= 15 is 0 Å². The summed E-state index contributed by atoms with van der Waals surface area (Å²) in [5.41, 5.74) is 0.772. The number of aliphatic hydroxyl groups is 1. The molecular weight excluding hydrogens is 248 g/mol. The highest BCUT2D eigenvalue weighted by atomic mass is 35.5. The van der Waals surface area contributed by atoms with Crippen LogP contribution >= 0.6 is 11.6 Å². The monoisotopic (exact) mass is 268 g/mol. The normalized spacial score (nSPS) is 28.1. The molecule has 1 aromatic carbocycles. The summed E-state index contributed by atoms with van der Waals surface area (Å²) in [7, 11) is 0. The lowest BCUT2D eigenvalue weighted by Crippen LogP contribution is -2.29. The van der Waals surface area contributed by atoms with E-state index in [0.717, 1.165) is 24.3 Å². The maximum absolute atomic E-state index is 9.33. The van der Waals surface area contributed by atoms with Crippen molar-refractivity contribution >= 4 is 11.6 Å². The average Bonchev–Trinajstić information content (AvgIpc) is 2.36. The molecule has 0 aromatic heterocycles. The van der Waals surface area contributed by atoms with Gasteiger partial charge in [-0.3, -0.25) is 0 Å². The van der Waals surface area contributed by atoms with E-state index in [0.29, 0.717) is 16.7 Å². The maximum Gasteiger partial charge on any atom is 0.143 e. The predicted molar refractivity (Wildman–Crippen MR) is 74.0 cm³/mol. The fourth-order valence-corrected chi connectivity index (χ4v) is 2.82. The van der Waals surface area contributed by atoms with Crippen LogP contribution in [0, 0.1) is 11.8 Å². The first-order valence-corrected chi connectivity index (χ1v) is 7.04. The van der Waals surface area contributed by atoms with Gasteiger partial charge in [0.15, 0.2) is 0 Å². The third-order valence-electron chi connectivity index (χ3n) is 4.05. The quantitative estimate of drug-likeness (QED) is 0.897. The van der Waals surface area contributed by atoms with Crippen molar-refractivity contribution in [2.24, 2.45) is 11.8 Å². The second-order valence-electron chi connectivity index (χ2n) is 5.39. The number of benzene rings is 1. The highest BCUT2D eigenvalue weighted by Gasteiger charge is 2.26. The van der Waals surface area contributed by atoms with Crippen molar-refractivity contribution < 1.29 is 9.84 Å². The Bertz CT molecular complexity index is 405. The molecule has 1 saturated carbocycles. The highest BCUT2D eigenvalue weighted by Crippen LogP contribution is 2.35. The fourth-order valence-electron chi connectivity index (χ4n) is 2.58. The molecule has 1 fully saturated rings. The van der Waals surface area contributed by atoms with Gasteiger partial charge >= 0.3 is 0 Å². The Kier molecular flexibility index (Phi) is 4.52. The SMILES string of the molecule is CC1CCC(Oc2c(Cl)cccc2CO)CC1C. The van der Waals surface area contributed by atoms with Crippen LogP contribution < -0.4 is 4.74 Å². The summed E-state index contributed by atoms with van der Waals surface area (Å²) in [5.74, 6) is 2.12.